The van der Waals surface area contributed by atoms with E-state index in [1.54, 1.807) is 6.92 Å². The van der Waals surface area contributed by atoms with Crippen LogP contribution in [0.2, 0.25) is 0 Å². The van der Waals surface area contributed by atoms with Crippen LogP contribution >= 0.6 is 11.3 Å². The van der Waals surface area contributed by atoms with Gasteiger partial charge in [0.2, 0.25) is 0 Å². The zero-order chi connectivity index (χ0) is 23.1. The molecule has 1 heterocycles. The van der Waals surface area contributed by atoms with Crippen LogP contribution in [-0.2, 0) is 0 Å². The monoisotopic (exact) mass is 285 g/mol. The van der Waals surface area contributed by atoms with E-state index in [2.05, 4.69) is 0 Å². The molecule has 0 saturated heterocycles. The molecular formula is C19H14S. The van der Waals surface area contributed by atoms with Crippen LogP contribution < -0.4 is 0 Å². The van der Waals surface area contributed by atoms with Gasteiger partial charge in [0.15, 0.2) is 0 Å². The third-order valence-corrected chi connectivity index (χ3v) is 4.03. The van der Waals surface area contributed by atoms with E-state index in [0.29, 0.717) is 15.6 Å². The van der Waals surface area contributed by atoms with E-state index >= 15 is 0 Å². The molecule has 0 aliphatic rings. The van der Waals surface area contributed by atoms with E-state index in [9.17, 15) is 0 Å². The lowest BCUT2D eigenvalue weighted by atomic mass is 10.0. The molecule has 0 N–H and O–H groups in total. The van der Waals surface area contributed by atoms with Crippen molar-refractivity contribution >= 4 is 31.5 Å². The maximum absolute atomic E-state index is 8.70. The van der Waals surface area contributed by atoms with Crippen LogP contribution in [-0.4, -0.2) is 0 Å². The highest BCUT2D eigenvalue weighted by atomic mass is 32.1. The second-order valence-electron chi connectivity index (χ2n) is 4.26. The Balaban J connectivity index is 2.27. The quantitative estimate of drug-likeness (QED) is 0.400. The van der Waals surface area contributed by atoms with Crippen LogP contribution in [0.4, 0.5) is 0 Å². The number of hydrogen-bond donors (Lipinski definition) is 0. The third kappa shape index (κ3) is 1.75. The van der Waals surface area contributed by atoms with Crippen LogP contribution in [0.3, 0.4) is 0 Å². The fourth-order valence-corrected chi connectivity index (χ4v) is 3.17. The first-order valence-corrected chi connectivity index (χ1v) is 6.72. The zero-order valence-corrected chi connectivity index (χ0v) is 11.2. The summed E-state index contributed by atoms with van der Waals surface area (Å²) in [6.45, 7) is 1.59. The zero-order valence-electron chi connectivity index (χ0n) is 21.4. The first-order valence-electron chi connectivity index (χ1n) is 11.4. The smallest absolute Gasteiger partial charge is 0.0644 e. The van der Waals surface area contributed by atoms with Gasteiger partial charge in [0.05, 0.1) is 15.1 Å². The molecule has 0 spiro atoms. The molecule has 0 aliphatic heterocycles. The van der Waals surface area contributed by atoms with Gasteiger partial charge in [0.1, 0.15) is 0 Å². The van der Waals surface area contributed by atoms with Crippen molar-refractivity contribution in [2.45, 2.75) is 6.92 Å². The van der Waals surface area contributed by atoms with E-state index < -0.39 is 36.3 Å². The average Bonchev–Trinajstić information content (AvgIpc) is 3.15. The van der Waals surface area contributed by atoms with Gasteiger partial charge in [-0.05, 0) is 35.7 Å². The summed E-state index contributed by atoms with van der Waals surface area (Å²) in [5.74, 6) is 0. The standard InChI is InChI=1S/C19H14S/c1-13-6-5-9-17-19(13)16-11-10-15(12-18(16)20-17)14-7-3-2-4-8-14/h2-12H,1H3/i2D,3D,4D,5D,6D,7D,8D,9D,10D,11D,12D. The number of hydrogen-bond acceptors (Lipinski definition) is 1. The molecular weight excluding hydrogens is 260 g/mol. The SMILES string of the molecule is [2H]c1c([2H])c([2H])c(-c2c([2H])c([2H])c3c(sc4c([2H])c([2H])c([2H])c(C)c43)c2[2H])c([2H])c1[2H]. The number of thiophene rings is 1. The number of rotatable bonds is 1. The number of aryl methyl sites for hydroxylation is 1. The van der Waals surface area contributed by atoms with Crippen molar-refractivity contribution in [3.8, 4) is 11.1 Å². The van der Waals surface area contributed by atoms with Crippen molar-refractivity contribution in [2.75, 3.05) is 0 Å². The molecule has 0 fully saturated rings. The Bertz CT molecular complexity index is 1420. The van der Waals surface area contributed by atoms with Gasteiger partial charge >= 0.3 is 0 Å². The molecule has 0 unspecified atom stereocenters. The minimum Gasteiger partial charge on any atom is -0.135 e. The van der Waals surface area contributed by atoms with Gasteiger partial charge in [0, 0.05) is 20.2 Å². The highest BCUT2D eigenvalue weighted by Gasteiger charge is 2.08. The van der Waals surface area contributed by atoms with Gasteiger partial charge in [-0.15, -0.1) is 11.3 Å². The highest BCUT2D eigenvalue weighted by Crippen LogP contribution is 2.37. The number of benzene rings is 3. The topological polar surface area (TPSA) is 0 Å². The third-order valence-electron chi connectivity index (χ3n) is 3.01. The van der Waals surface area contributed by atoms with E-state index in [-0.39, 0.29) is 51.4 Å². The first kappa shape index (κ1) is 5.01. The Morgan fingerprint density at radius 2 is 1.65 bits per heavy atom. The summed E-state index contributed by atoms with van der Waals surface area (Å²) >= 11 is 0.972. The van der Waals surface area contributed by atoms with Gasteiger partial charge < -0.3 is 0 Å². The van der Waals surface area contributed by atoms with Gasteiger partial charge in [-0.1, -0.05) is 54.4 Å². The van der Waals surface area contributed by atoms with Crippen molar-refractivity contribution < 1.29 is 15.1 Å². The normalized spacial score (nSPS) is 18.9. The second kappa shape index (κ2) is 4.46. The Morgan fingerprint density at radius 1 is 0.800 bits per heavy atom. The average molecular weight is 285 g/mol. The van der Waals surface area contributed by atoms with Gasteiger partial charge in [-0.3, -0.25) is 0 Å². The molecule has 1 aromatic heterocycles. The molecule has 1 heteroatoms. The van der Waals surface area contributed by atoms with E-state index in [0.717, 1.165) is 11.3 Å². The highest BCUT2D eigenvalue weighted by molar-refractivity contribution is 7.25. The molecule has 0 aliphatic carbocycles. The molecule has 3 aromatic carbocycles. The lowest BCUT2D eigenvalue weighted by Crippen LogP contribution is -1.77. The van der Waals surface area contributed by atoms with Crippen LogP contribution in [0.1, 0.15) is 20.6 Å². The van der Waals surface area contributed by atoms with Crippen LogP contribution in [0.15, 0.2) is 66.5 Å². The summed E-state index contributed by atoms with van der Waals surface area (Å²) in [6.07, 6.45) is 0. The molecule has 20 heavy (non-hydrogen) atoms. The summed E-state index contributed by atoms with van der Waals surface area (Å²) in [5.41, 5.74) is -0.202. The Kier molecular flexibility index (Phi) is 1.12. The van der Waals surface area contributed by atoms with Crippen LogP contribution in [0.25, 0.3) is 31.3 Å². The summed E-state index contributed by atoms with van der Waals surface area (Å²) in [6, 6.07) is -4.63. The van der Waals surface area contributed by atoms with Crippen molar-refractivity contribution in [1.82, 2.24) is 0 Å². The molecule has 0 bridgehead atoms. The lowest BCUT2D eigenvalue weighted by Gasteiger charge is -2.02. The molecule has 0 nitrogen and oxygen atoms in total. The second-order valence-corrected chi connectivity index (χ2v) is 5.28. The Morgan fingerprint density at radius 3 is 2.50 bits per heavy atom. The van der Waals surface area contributed by atoms with Gasteiger partial charge in [-0.25, -0.2) is 0 Å². The molecule has 0 saturated carbocycles. The predicted molar refractivity (Wildman–Crippen MR) is 89.5 cm³/mol. The molecule has 4 aromatic rings. The lowest BCUT2D eigenvalue weighted by molar-refractivity contribution is 1.55. The molecule has 0 amide bonds. The fraction of sp³-hybridized carbons (Fsp3) is 0.0526. The predicted octanol–water partition coefficient (Wildman–Crippen LogP) is 6.03. The minimum absolute atomic E-state index is 0.163. The van der Waals surface area contributed by atoms with Crippen molar-refractivity contribution in [3.63, 3.8) is 0 Å². The Hall–Kier alpha value is -2.12. The Labute approximate surface area is 137 Å². The summed E-state index contributed by atoms with van der Waals surface area (Å²) < 4.78 is 90.5. The van der Waals surface area contributed by atoms with Crippen molar-refractivity contribution in [2.24, 2.45) is 0 Å². The molecule has 0 atom stereocenters. The van der Waals surface area contributed by atoms with Gasteiger partial charge in [0.25, 0.3) is 0 Å². The van der Waals surface area contributed by atoms with Crippen molar-refractivity contribution in [3.05, 3.63) is 72.0 Å². The molecule has 4 rings (SSSR count). The van der Waals surface area contributed by atoms with E-state index in [1.807, 2.05) is 0 Å². The fourth-order valence-electron chi connectivity index (χ4n) is 2.10. The van der Waals surface area contributed by atoms with Crippen LogP contribution in [0, 0.1) is 6.92 Å². The summed E-state index contributed by atoms with van der Waals surface area (Å²) in [5, 5.41) is 0.566. The summed E-state index contributed by atoms with van der Waals surface area (Å²) in [4.78, 5) is 0. The first-order chi connectivity index (χ1) is 14.4. The summed E-state index contributed by atoms with van der Waals surface area (Å²) in [7, 11) is 0. The maximum atomic E-state index is 8.70. The van der Waals surface area contributed by atoms with Gasteiger partial charge in [-0.2, -0.15) is 0 Å². The maximum Gasteiger partial charge on any atom is 0.0644 e. The molecule has 96 valence electrons. The van der Waals surface area contributed by atoms with E-state index in [1.165, 1.54) is 0 Å². The number of fused-ring (bicyclic) bond motifs is 3. The largest absolute Gasteiger partial charge is 0.135 e. The minimum atomic E-state index is -0.597. The molecule has 0 radical (unpaired) electrons. The van der Waals surface area contributed by atoms with Crippen LogP contribution in [0.5, 0.6) is 0 Å². The van der Waals surface area contributed by atoms with E-state index in [4.69, 9.17) is 15.1 Å². The van der Waals surface area contributed by atoms with Crippen molar-refractivity contribution in [1.29, 1.82) is 0 Å².